The van der Waals surface area contributed by atoms with Crippen LogP contribution in [0.3, 0.4) is 0 Å². The van der Waals surface area contributed by atoms with E-state index in [1.807, 2.05) is 6.92 Å². The highest BCUT2D eigenvalue weighted by Gasteiger charge is 2.33. The first kappa shape index (κ1) is 15.2. The molecule has 0 saturated carbocycles. The molecule has 0 N–H and O–H groups in total. The Kier molecular flexibility index (Phi) is 4.62. The third-order valence-corrected chi connectivity index (χ3v) is 3.14. The lowest BCUT2D eigenvalue weighted by Gasteiger charge is -2.10. The zero-order chi connectivity index (χ0) is 14.8. The summed E-state index contributed by atoms with van der Waals surface area (Å²) in [7, 11) is 0. The summed E-state index contributed by atoms with van der Waals surface area (Å²) in [4.78, 5) is 12.2. The third-order valence-electron chi connectivity index (χ3n) is 2.60. The predicted molar refractivity (Wildman–Crippen MR) is 74.1 cm³/mol. The summed E-state index contributed by atoms with van der Waals surface area (Å²) in [5, 5.41) is 14.8. The highest BCUT2D eigenvalue weighted by atomic mass is 35.6. The summed E-state index contributed by atoms with van der Waals surface area (Å²) in [6.45, 7) is 2.02. The van der Waals surface area contributed by atoms with Gasteiger partial charge in [0.2, 0.25) is 3.79 Å². The first-order chi connectivity index (χ1) is 9.45. The van der Waals surface area contributed by atoms with Gasteiger partial charge in [0.05, 0.1) is 18.1 Å². The summed E-state index contributed by atoms with van der Waals surface area (Å²) >= 11 is 17.6. The number of hydrogen-bond acceptors (Lipinski definition) is 5. The van der Waals surface area contributed by atoms with E-state index in [0.29, 0.717) is 12.1 Å². The molecule has 0 radical (unpaired) electrons. The molecule has 0 spiro atoms. The maximum Gasteiger partial charge on any atom is 0.372 e. The van der Waals surface area contributed by atoms with Crippen LogP contribution in [0.2, 0.25) is 0 Å². The number of carbonyl (C=O) groups excluding carboxylic acids is 1. The summed E-state index contributed by atoms with van der Waals surface area (Å²) in [5.41, 5.74) is 0.622. The fourth-order valence-electron chi connectivity index (χ4n) is 1.65. The average molecular weight is 338 g/mol. The molecule has 20 heavy (non-hydrogen) atoms. The van der Waals surface area contributed by atoms with Crippen molar-refractivity contribution < 1.29 is 4.79 Å². The van der Waals surface area contributed by atoms with Crippen molar-refractivity contribution in [3.8, 4) is 0 Å². The van der Waals surface area contributed by atoms with Gasteiger partial charge in [0, 0.05) is 0 Å². The monoisotopic (exact) mass is 336 g/mol. The second-order valence-electron chi connectivity index (χ2n) is 4.03. The van der Waals surface area contributed by atoms with Crippen molar-refractivity contribution in [3.05, 3.63) is 23.8 Å². The molecule has 2 aromatic rings. The number of carbonyl (C=O) groups is 1. The third kappa shape index (κ3) is 3.11. The first-order valence-electron chi connectivity index (χ1n) is 5.88. The fraction of sp³-hybridized carbons (Fsp3) is 0.500. The van der Waals surface area contributed by atoms with Crippen molar-refractivity contribution in [1.82, 2.24) is 30.0 Å². The van der Waals surface area contributed by atoms with Crippen LogP contribution in [0.4, 0.5) is 4.79 Å². The van der Waals surface area contributed by atoms with Gasteiger partial charge < -0.3 is 0 Å². The van der Waals surface area contributed by atoms with Gasteiger partial charge in [0.1, 0.15) is 5.69 Å². The van der Waals surface area contributed by atoms with Crippen molar-refractivity contribution in [2.45, 2.75) is 30.0 Å². The second-order valence-corrected chi connectivity index (χ2v) is 6.31. The Balaban J connectivity index is 2.42. The Morgan fingerprint density at radius 1 is 1.35 bits per heavy atom. The molecule has 108 valence electrons. The van der Waals surface area contributed by atoms with Crippen molar-refractivity contribution >= 4 is 40.8 Å². The number of halogens is 3. The lowest BCUT2D eigenvalue weighted by atomic mass is 10.2. The Bertz CT molecular complexity index is 589. The van der Waals surface area contributed by atoms with E-state index in [1.165, 1.54) is 12.4 Å². The largest absolute Gasteiger partial charge is 0.372 e. The van der Waals surface area contributed by atoms with Crippen LogP contribution in [0.5, 0.6) is 0 Å². The van der Waals surface area contributed by atoms with E-state index < -0.39 is 9.82 Å². The van der Waals surface area contributed by atoms with Crippen molar-refractivity contribution in [2.75, 3.05) is 0 Å². The van der Waals surface area contributed by atoms with Gasteiger partial charge in [-0.2, -0.15) is 9.36 Å². The minimum Gasteiger partial charge on any atom is -0.243 e. The molecule has 0 amide bonds. The molecule has 0 aliphatic rings. The standard InChI is InChI=1S/C10H11Cl3N6O/c1-2-3-4-7-8(10(11,12)13)15-17-19(7)9(20)18-6-5-14-16-18/h5-6H,2-4H2,1H3. The minimum absolute atomic E-state index is 0.157. The lowest BCUT2D eigenvalue weighted by Crippen LogP contribution is -2.24. The summed E-state index contributed by atoms with van der Waals surface area (Å²) < 4.78 is 0.387. The molecule has 0 bridgehead atoms. The Morgan fingerprint density at radius 3 is 2.65 bits per heavy atom. The van der Waals surface area contributed by atoms with Gasteiger partial charge in [0.15, 0.2) is 0 Å². The molecule has 0 aromatic carbocycles. The van der Waals surface area contributed by atoms with E-state index in [1.54, 1.807) is 0 Å². The van der Waals surface area contributed by atoms with Gasteiger partial charge in [-0.1, -0.05) is 58.6 Å². The molecule has 7 nitrogen and oxygen atoms in total. The highest BCUT2D eigenvalue weighted by Crippen LogP contribution is 2.39. The maximum absolute atomic E-state index is 12.2. The molecule has 2 aromatic heterocycles. The number of alkyl halides is 3. The zero-order valence-corrected chi connectivity index (χ0v) is 12.8. The van der Waals surface area contributed by atoms with E-state index in [2.05, 4.69) is 20.6 Å². The van der Waals surface area contributed by atoms with Gasteiger partial charge >= 0.3 is 6.03 Å². The quantitative estimate of drug-likeness (QED) is 0.804. The van der Waals surface area contributed by atoms with E-state index >= 15 is 0 Å². The van der Waals surface area contributed by atoms with Gasteiger partial charge in [-0.25, -0.2) is 4.79 Å². The fourth-order valence-corrected chi connectivity index (χ4v) is 2.09. The molecular weight excluding hydrogens is 327 g/mol. The molecule has 0 saturated heterocycles. The average Bonchev–Trinajstić information content (AvgIpc) is 3.03. The maximum atomic E-state index is 12.2. The highest BCUT2D eigenvalue weighted by molar-refractivity contribution is 6.66. The smallest absolute Gasteiger partial charge is 0.243 e. The van der Waals surface area contributed by atoms with Crippen LogP contribution in [0, 0.1) is 0 Å². The molecule has 10 heteroatoms. The number of rotatable bonds is 3. The second kappa shape index (κ2) is 6.07. The van der Waals surface area contributed by atoms with Crippen LogP contribution in [0.15, 0.2) is 12.4 Å². The molecule has 2 rings (SSSR count). The van der Waals surface area contributed by atoms with Crippen molar-refractivity contribution in [3.63, 3.8) is 0 Å². The van der Waals surface area contributed by atoms with E-state index in [-0.39, 0.29) is 5.69 Å². The molecule has 0 unspecified atom stereocenters. The Hall–Kier alpha value is -1.18. The van der Waals surface area contributed by atoms with E-state index in [9.17, 15) is 4.79 Å². The van der Waals surface area contributed by atoms with Gasteiger partial charge in [-0.05, 0) is 12.8 Å². The van der Waals surface area contributed by atoms with Gasteiger partial charge in [-0.15, -0.1) is 10.2 Å². The van der Waals surface area contributed by atoms with Crippen LogP contribution in [0.1, 0.15) is 31.2 Å². The Labute approximate surface area is 129 Å². The molecular formula is C10H11Cl3N6O. The number of unbranched alkanes of at least 4 members (excludes halogenated alkanes) is 1. The summed E-state index contributed by atoms with van der Waals surface area (Å²) in [5.74, 6) is 0. The topological polar surface area (TPSA) is 78.5 Å². The van der Waals surface area contributed by atoms with Crippen LogP contribution in [0.25, 0.3) is 0 Å². The number of nitrogens with zero attached hydrogens (tertiary/aromatic N) is 6. The lowest BCUT2D eigenvalue weighted by molar-refractivity contribution is 0.236. The summed E-state index contributed by atoms with van der Waals surface area (Å²) in [6.07, 6.45) is 5.04. The van der Waals surface area contributed by atoms with Crippen LogP contribution < -0.4 is 0 Å². The molecule has 0 aliphatic heterocycles. The van der Waals surface area contributed by atoms with E-state index in [0.717, 1.165) is 22.2 Å². The van der Waals surface area contributed by atoms with Gasteiger partial charge in [0.25, 0.3) is 0 Å². The number of aromatic nitrogens is 6. The van der Waals surface area contributed by atoms with Crippen LogP contribution >= 0.6 is 34.8 Å². The van der Waals surface area contributed by atoms with Gasteiger partial charge in [-0.3, -0.25) is 0 Å². The first-order valence-corrected chi connectivity index (χ1v) is 7.01. The minimum atomic E-state index is -1.73. The normalized spacial score (nSPS) is 11.8. The summed E-state index contributed by atoms with van der Waals surface area (Å²) in [6, 6.07) is -0.526. The van der Waals surface area contributed by atoms with Crippen LogP contribution in [-0.4, -0.2) is 36.0 Å². The van der Waals surface area contributed by atoms with Crippen molar-refractivity contribution in [2.24, 2.45) is 0 Å². The Morgan fingerprint density at radius 2 is 2.10 bits per heavy atom. The molecule has 0 aliphatic carbocycles. The number of hydrogen-bond donors (Lipinski definition) is 0. The molecule has 0 atom stereocenters. The predicted octanol–water partition coefficient (Wildman–Crippen LogP) is 2.56. The van der Waals surface area contributed by atoms with Crippen molar-refractivity contribution in [1.29, 1.82) is 0 Å². The SMILES string of the molecule is CCCCc1c(C(Cl)(Cl)Cl)nnn1C(=O)n1ccnn1. The van der Waals surface area contributed by atoms with E-state index in [4.69, 9.17) is 34.8 Å². The van der Waals surface area contributed by atoms with Crippen LogP contribution in [-0.2, 0) is 10.2 Å². The molecule has 2 heterocycles. The molecule has 0 fully saturated rings. The zero-order valence-electron chi connectivity index (χ0n) is 10.5.